The third-order valence-corrected chi connectivity index (χ3v) is 5.98. The van der Waals surface area contributed by atoms with Crippen molar-refractivity contribution in [3.8, 4) is 0 Å². The van der Waals surface area contributed by atoms with Crippen molar-refractivity contribution in [1.29, 1.82) is 0 Å². The molecular formula is C13H24O2S. The molecule has 0 bridgehead atoms. The predicted octanol–water partition coefficient (Wildman–Crippen LogP) is 2.43. The molecule has 0 aromatic rings. The number of hydrogen-bond donors (Lipinski definition) is 2. The van der Waals surface area contributed by atoms with Crippen molar-refractivity contribution < 1.29 is 10.2 Å². The molecule has 3 atom stereocenters. The summed E-state index contributed by atoms with van der Waals surface area (Å²) >= 11 is 1.89. The van der Waals surface area contributed by atoms with Crippen molar-refractivity contribution in [2.45, 2.75) is 51.0 Å². The lowest BCUT2D eigenvalue weighted by molar-refractivity contribution is -0.106. The van der Waals surface area contributed by atoms with Crippen LogP contribution >= 0.6 is 11.8 Å². The highest BCUT2D eigenvalue weighted by Gasteiger charge is 2.51. The van der Waals surface area contributed by atoms with Crippen LogP contribution in [0, 0.1) is 11.3 Å². The third kappa shape index (κ3) is 2.14. The lowest BCUT2D eigenvalue weighted by Gasteiger charge is -2.43. The molecule has 1 aliphatic heterocycles. The highest BCUT2D eigenvalue weighted by atomic mass is 32.2. The quantitative estimate of drug-likeness (QED) is 0.733. The number of thioether (sulfide) groups is 1. The van der Waals surface area contributed by atoms with Gasteiger partial charge in [-0.1, -0.05) is 19.8 Å². The number of hydrogen-bond acceptors (Lipinski definition) is 3. The van der Waals surface area contributed by atoms with Gasteiger partial charge in [-0.05, 0) is 37.4 Å². The third-order valence-electron chi connectivity index (χ3n) is 4.73. The van der Waals surface area contributed by atoms with E-state index in [0.717, 1.165) is 49.5 Å². The van der Waals surface area contributed by atoms with E-state index in [-0.39, 0.29) is 12.0 Å². The van der Waals surface area contributed by atoms with E-state index in [9.17, 15) is 10.2 Å². The van der Waals surface area contributed by atoms with Gasteiger partial charge in [-0.3, -0.25) is 0 Å². The second-order valence-electron chi connectivity index (χ2n) is 5.81. The van der Waals surface area contributed by atoms with Gasteiger partial charge in [0.25, 0.3) is 0 Å². The van der Waals surface area contributed by atoms with Crippen LogP contribution in [0.25, 0.3) is 0 Å². The lowest BCUT2D eigenvalue weighted by Crippen LogP contribution is -2.50. The fourth-order valence-corrected chi connectivity index (χ4v) is 4.85. The van der Waals surface area contributed by atoms with Crippen LogP contribution in [-0.2, 0) is 0 Å². The van der Waals surface area contributed by atoms with Crippen molar-refractivity contribution in [2.75, 3.05) is 18.1 Å². The van der Waals surface area contributed by atoms with E-state index in [1.54, 1.807) is 0 Å². The van der Waals surface area contributed by atoms with Gasteiger partial charge in [0.05, 0.1) is 12.2 Å². The highest BCUT2D eigenvalue weighted by Crippen LogP contribution is 2.50. The van der Waals surface area contributed by atoms with Crippen molar-refractivity contribution in [3.63, 3.8) is 0 Å². The van der Waals surface area contributed by atoms with Crippen molar-refractivity contribution >= 4 is 11.8 Å². The van der Waals surface area contributed by atoms with Crippen molar-refractivity contribution in [1.82, 2.24) is 0 Å². The van der Waals surface area contributed by atoms with Gasteiger partial charge in [-0.25, -0.2) is 0 Å². The summed E-state index contributed by atoms with van der Waals surface area (Å²) in [6.07, 6.45) is 6.22. The van der Waals surface area contributed by atoms with Crippen LogP contribution in [-0.4, -0.2) is 33.9 Å². The molecule has 0 radical (unpaired) electrons. The largest absolute Gasteiger partial charge is 0.396 e. The summed E-state index contributed by atoms with van der Waals surface area (Å²) in [4.78, 5) is 0. The molecule has 2 N–H and O–H groups in total. The van der Waals surface area contributed by atoms with E-state index < -0.39 is 5.60 Å². The van der Waals surface area contributed by atoms with Crippen LogP contribution in [0.15, 0.2) is 0 Å². The topological polar surface area (TPSA) is 40.5 Å². The minimum Gasteiger partial charge on any atom is -0.396 e. The van der Waals surface area contributed by atoms with Crippen LogP contribution in [0.3, 0.4) is 0 Å². The van der Waals surface area contributed by atoms with Gasteiger partial charge in [0.15, 0.2) is 0 Å². The van der Waals surface area contributed by atoms with E-state index in [1.807, 2.05) is 11.8 Å². The molecule has 2 fully saturated rings. The van der Waals surface area contributed by atoms with Crippen molar-refractivity contribution in [2.24, 2.45) is 11.3 Å². The molecule has 0 spiro atoms. The zero-order chi connectivity index (χ0) is 11.6. The Balaban J connectivity index is 2.15. The molecule has 2 nitrogen and oxygen atoms in total. The lowest BCUT2D eigenvalue weighted by atomic mass is 9.68. The zero-order valence-electron chi connectivity index (χ0n) is 10.2. The van der Waals surface area contributed by atoms with E-state index in [1.165, 1.54) is 6.42 Å². The van der Waals surface area contributed by atoms with E-state index in [0.29, 0.717) is 0 Å². The van der Waals surface area contributed by atoms with Crippen LogP contribution in [0.2, 0.25) is 0 Å². The zero-order valence-corrected chi connectivity index (χ0v) is 11.1. The van der Waals surface area contributed by atoms with Gasteiger partial charge in [0.2, 0.25) is 0 Å². The summed E-state index contributed by atoms with van der Waals surface area (Å²) < 4.78 is 0. The Labute approximate surface area is 103 Å². The van der Waals surface area contributed by atoms with E-state index >= 15 is 0 Å². The summed E-state index contributed by atoms with van der Waals surface area (Å²) in [7, 11) is 0. The molecule has 3 unspecified atom stereocenters. The van der Waals surface area contributed by atoms with E-state index in [2.05, 4.69) is 6.92 Å². The Morgan fingerprint density at radius 1 is 1.25 bits per heavy atom. The molecule has 3 heteroatoms. The highest BCUT2D eigenvalue weighted by molar-refractivity contribution is 7.99. The number of aliphatic hydroxyl groups excluding tert-OH is 1. The SMILES string of the molecule is CC1CCCC(O)(C2(CO)CCSC2)CC1. The van der Waals surface area contributed by atoms with Gasteiger partial charge in [-0.15, -0.1) is 0 Å². The Morgan fingerprint density at radius 3 is 2.69 bits per heavy atom. The fourth-order valence-electron chi connectivity index (χ4n) is 3.27. The van der Waals surface area contributed by atoms with Crippen LogP contribution in [0.4, 0.5) is 0 Å². The normalized spacial score (nSPS) is 45.6. The Hall–Kier alpha value is 0.270. The molecule has 94 valence electrons. The molecule has 16 heavy (non-hydrogen) atoms. The van der Waals surface area contributed by atoms with Gasteiger partial charge in [-0.2, -0.15) is 11.8 Å². The summed E-state index contributed by atoms with van der Waals surface area (Å²) in [5.74, 6) is 2.77. The number of aliphatic hydroxyl groups is 2. The Bertz CT molecular complexity index is 238. The van der Waals surface area contributed by atoms with Crippen LogP contribution < -0.4 is 0 Å². The second-order valence-corrected chi connectivity index (χ2v) is 6.91. The molecule has 0 aromatic heterocycles. The molecule has 0 amide bonds. The minimum absolute atomic E-state index is 0.158. The molecule has 1 saturated carbocycles. The molecule has 1 saturated heterocycles. The van der Waals surface area contributed by atoms with Crippen molar-refractivity contribution in [3.05, 3.63) is 0 Å². The Morgan fingerprint density at radius 2 is 2.06 bits per heavy atom. The maximum atomic E-state index is 10.9. The molecule has 2 aliphatic rings. The fraction of sp³-hybridized carbons (Fsp3) is 1.00. The molecule has 1 heterocycles. The minimum atomic E-state index is -0.601. The van der Waals surface area contributed by atoms with Gasteiger partial charge in [0.1, 0.15) is 0 Å². The van der Waals surface area contributed by atoms with Crippen LogP contribution in [0.5, 0.6) is 0 Å². The predicted molar refractivity (Wildman–Crippen MR) is 68.7 cm³/mol. The first-order valence-corrected chi connectivity index (χ1v) is 7.68. The molecule has 2 rings (SSSR count). The second kappa shape index (κ2) is 4.87. The first-order chi connectivity index (χ1) is 7.62. The summed E-state index contributed by atoms with van der Waals surface area (Å²) in [5.41, 5.74) is -0.808. The average Bonchev–Trinajstić information content (AvgIpc) is 2.70. The molecule has 1 aliphatic carbocycles. The van der Waals surface area contributed by atoms with Gasteiger partial charge < -0.3 is 10.2 Å². The van der Waals surface area contributed by atoms with Gasteiger partial charge in [0, 0.05) is 11.2 Å². The van der Waals surface area contributed by atoms with E-state index in [4.69, 9.17) is 0 Å². The number of rotatable bonds is 2. The Kier molecular flexibility index (Phi) is 3.87. The monoisotopic (exact) mass is 244 g/mol. The average molecular weight is 244 g/mol. The first-order valence-electron chi connectivity index (χ1n) is 6.53. The summed E-state index contributed by atoms with van der Waals surface area (Å²) in [6.45, 7) is 2.44. The van der Waals surface area contributed by atoms with Crippen LogP contribution in [0.1, 0.15) is 45.4 Å². The summed E-state index contributed by atoms with van der Waals surface area (Å²) in [6, 6.07) is 0. The smallest absolute Gasteiger partial charge is 0.0734 e. The molecule has 0 aromatic carbocycles. The van der Waals surface area contributed by atoms with Gasteiger partial charge >= 0.3 is 0 Å². The summed E-state index contributed by atoms with van der Waals surface area (Å²) in [5, 5.41) is 20.7. The maximum Gasteiger partial charge on any atom is 0.0734 e. The standard InChI is InChI=1S/C13H24O2S/c1-11-3-2-5-13(15,6-4-11)12(9-14)7-8-16-10-12/h11,14-15H,2-10H2,1H3. The molecular weight excluding hydrogens is 220 g/mol. The maximum absolute atomic E-state index is 10.9. The first kappa shape index (κ1) is 12.7.